The molecule has 88 valence electrons. The van der Waals surface area contributed by atoms with Crippen LogP contribution in [0.3, 0.4) is 0 Å². The number of rotatable bonds is 4. The zero-order chi connectivity index (χ0) is 11.5. The lowest BCUT2D eigenvalue weighted by atomic mass is 9.87. The molecule has 0 aromatic carbocycles. The predicted octanol–water partition coefficient (Wildman–Crippen LogP) is 4.66. The fourth-order valence-electron chi connectivity index (χ4n) is 2.66. The van der Waals surface area contributed by atoms with Gasteiger partial charge in [0.15, 0.2) is 0 Å². The molecule has 0 heterocycles. The summed E-state index contributed by atoms with van der Waals surface area (Å²) in [6.07, 6.45) is 7.57. The predicted molar refractivity (Wildman–Crippen MR) is 67.5 cm³/mol. The van der Waals surface area contributed by atoms with E-state index in [0.29, 0.717) is 11.3 Å². The molecule has 2 atom stereocenters. The third kappa shape index (κ3) is 4.36. The van der Waals surface area contributed by atoms with Gasteiger partial charge in [-0.3, -0.25) is 0 Å². The normalized spacial score (nSPS) is 27.3. The van der Waals surface area contributed by atoms with E-state index in [4.69, 9.17) is 5.41 Å². The third-order valence-corrected chi connectivity index (χ3v) is 3.65. The van der Waals surface area contributed by atoms with Gasteiger partial charge in [0.1, 0.15) is 0 Å². The molecule has 0 saturated heterocycles. The molecule has 0 radical (unpaired) electrons. The number of hydrogen-bond donors (Lipinski definition) is 1. The highest BCUT2D eigenvalue weighted by atomic mass is 14.5. The quantitative estimate of drug-likeness (QED) is 0.696. The lowest BCUT2D eigenvalue weighted by Gasteiger charge is -2.19. The minimum absolute atomic E-state index is 0.482. The minimum Gasteiger partial charge on any atom is -0.309 e. The van der Waals surface area contributed by atoms with E-state index in [1.54, 1.807) is 0 Å². The zero-order valence-corrected chi connectivity index (χ0v) is 10.9. The van der Waals surface area contributed by atoms with Gasteiger partial charge in [-0.05, 0) is 42.9 Å². The molecule has 0 bridgehead atoms. The fraction of sp³-hybridized carbons (Fsp3) is 0.929. The van der Waals surface area contributed by atoms with Crippen LogP contribution < -0.4 is 0 Å². The van der Waals surface area contributed by atoms with Gasteiger partial charge in [0.2, 0.25) is 0 Å². The molecular weight excluding hydrogens is 182 g/mol. The van der Waals surface area contributed by atoms with Gasteiger partial charge in [0.05, 0.1) is 0 Å². The molecule has 1 rings (SSSR count). The average Bonchev–Trinajstić information content (AvgIpc) is 2.44. The van der Waals surface area contributed by atoms with E-state index < -0.39 is 0 Å². The first-order chi connectivity index (χ1) is 6.92. The Morgan fingerprint density at radius 3 is 2.47 bits per heavy atom. The van der Waals surface area contributed by atoms with Crippen molar-refractivity contribution in [1.82, 2.24) is 0 Å². The molecule has 1 fully saturated rings. The Kier molecular flexibility index (Phi) is 4.36. The standard InChI is InChI=1S/C14H27N/c1-5-12-9-11(10-13(12)15)7-6-8-14(2,3)4/h11-12,15H,5-10H2,1-4H3. The van der Waals surface area contributed by atoms with Crippen LogP contribution in [0.1, 0.15) is 66.2 Å². The Morgan fingerprint density at radius 2 is 2.00 bits per heavy atom. The highest BCUT2D eigenvalue weighted by Crippen LogP contribution is 2.34. The van der Waals surface area contributed by atoms with Gasteiger partial charge in [-0.1, -0.05) is 40.5 Å². The Balaban J connectivity index is 2.22. The first-order valence-corrected chi connectivity index (χ1v) is 6.49. The molecule has 0 aliphatic heterocycles. The highest BCUT2D eigenvalue weighted by molar-refractivity contribution is 5.85. The summed E-state index contributed by atoms with van der Waals surface area (Å²) in [7, 11) is 0. The van der Waals surface area contributed by atoms with E-state index >= 15 is 0 Å². The molecule has 0 amide bonds. The van der Waals surface area contributed by atoms with Gasteiger partial charge in [0.25, 0.3) is 0 Å². The molecule has 1 aliphatic rings. The van der Waals surface area contributed by atoms with Gasteiger partial charge < -0.3 is 5.41 Å². The Bertz CT molecular complexity index is 212. The van der Waals surface area contributed by atoms with E-state index in [1.807, 2.05) is 0 Å². The van der Waals surface area contributed by atoms with Gasteiger partial charge in [-0.25, -0.2) is 0 Å². The SMILES string of the molecule is CCC1CC(CCCC(C)(C)C)CC1=N. The molecular formula is C14H27N. The third-order valence-electron chi connectivity index (χ3n) is 3.65. The monoisotopic (exact) mass is 209 g/mol. The Labute approximate surface area is 95.2 Å². The fourth-order valence-corrected chi connectivity index (χ4v) is 2.66. The molecule has 0 aromatic heterocycles. The molecule has 15 heavy (non-hydrogen) atoms. The molecule has 2 unspecified atom stereocenters. The summed E-state index contributed by atoms with van der Waals surface area (Å²) < 4.78 is 0. The largest absolute Gasteiger partial charge is 0.309 e. The van der Waals surface area contributed by atoms with E-state index in [2.05, 4.69) is 27.7 Å². The van der Waals surface area contributed by atoms with Crippen LogP contribution in [0, 0.1) is 22.7 Å². The van der Waals surface area contributed by atoms with Crippen molar-refractivity contribution >= 4 is 5.71 Å². The minimum atomic E-state index is 0.482. The van der Waals surface area contributed by atoms with Gasteiger partial charge >= 0.3 is 0 Å². The van der Waals surface area contributed by atoms with Crippen molar-refractivity contribution < 1.29 is 0 Å². The molecule has 0 spiro atoms. The van der Waals surface area contributed by atoms with Crippen LogP contribution in [0.2, 0.25) is 0 Å². The van der Waals surface area contributed by atoms with Crippen LogP contribution in [-0.2, 0) is 0 Å². The van der Waals surface area contributed by atoms with Crippen LogP contribution in [-0.4, -0.2) is 5.71 Å². The summed E-state index contributed by atoms with van der Waals surface area (Å²) in [5.41, 5.74) is 1.51. The zero-order valence-electron chi connectivity index (χ0n) is 10.9. The van der Waals surface area contributed by atoms with Crippen LogP contribution in [0.4, 0.5) is 0 Å². The Morgan fingerprint density at radius 1 is 1.33 bits per heavy atom. The van der Waals surface area contributed by atoms with Crippen molar-refractivity contribution in [2.75, 3.05) is 0 Å². The van der Waals surface area contributed by atoms with E-state index in [1.165, 1.54) is 32.1 Å². The lowest BCUT2D eigenvalue weighted by Crippen LogP contribution is -2.05. The maximum atomic E-state index is 7.89. The lowest BCUT2D eigenvalue weighted by molar-refractivity contribution is 0.335. The molecule has 1 N–H and O–H groups in total. The topological polar surface area (TPSA) is 23.9 Å². The van der Waals surface area contributed by atoms with Crippen molar-refractivity contribution in [3.05, 3.63) is 0 Å². The van der Waals surface area contributed by atoms with Crippen LogP contribution >= 0.6 is 0 Å². The maximum Gasteiger partial charge on any atom is 0.0123 e. The molecule has 0 aromatic rings. The first kappa shape index (κ1) is 12.7. The van der Waals surface area contributed by atoms with Gasteiger partial charge in [-0.15, -0.1) is 0 Å². The summed E-state index contributed by atoms with van der Waals surface area (Å²) in [6.45, 7) is 9.17. The smallest absolute Gasteiger partial charge is 0.0123 e. The van der Waals surface area contributed by atoms with Crippen molar-refractivity contribution in [2.45, 2.75) is 66.2 Å². The van der Waals surface area contributed by atoms with Gasteiger partial charge in [-0.2, -0.15) is 0 Å². The highest BCUT2D eigenvalue weighted by Gasteiger charge is 2.27. The van der Waals surface area contributed by atoms with Crippen molar-refractivity contribution in [1.29, 1.82) is 5.41 Å². The Hall–Kier alpha value is -0.330. The summed E-state index contributed by atoms with van der Waals surface area (Å²) in [6, 6.07) is 0. The second-order valence-corrected chi connectivity index (χ2v) is 6.39. The van der Waals surface area contributed by atoms with E-state index in [0.717, 1.165) is 18.1 Å². The molecule has 1 aliphatic carbocycles. The summed E-state index contributed by atoms with van der Waals surface area (Å²) in [5, 5.41) is 7.89. The van der Waals surface area contributed by atoms with Crippen LogP contribution in [0.25, 0.3) is 0 Å². The van der Waals surface area contributed by atoms with Crippen LogP contribution in [0.15, 0.2) is 0 Å². The van der Waals surface area contributed by atoms with E-state index in [9.17, 15) is 0 Å². The summed E-state index contributed by atoms with van der Waals surface area (Å²) in [5.74, 6) is 1.44. The second kappa shape index (κ2) is 5.14. The summed E-state index contributed by atoms with van der Waals surface area (Å²) in [4.78, 5) is 0. The average molecular weight is 209 g/mol. The maximum absolute atomic E-state index is 7.89. The molecule has 1 saturated carbocycles. The van der Waals surface area contributed by atoms with E-state index in [-0.39, 0.29) is 0 Å². The number of nitrogens with one attached hydrogen (secondary N) is 1. The summed E-state index contributed by atoms with van der Waals surface area (Å²) >= 11 is 0. The van der Waals surface area contributed by atoms with Crippen molar-refractivity contribution in [2.24, 2.45) is 17.3 Å². The van der Waals surface area contributed by atoms with Crippen LogP contribution in [0.5, 0.6) is 0 Å². The van der Waals surface area contributed by atoms with Crippen molar-refractivity contribution in [3.63, 3.8) is 0 Å². The number of hydrogen-bond acceptors (Lipinski definition) is 1. The second-order valence-electron chi connectivity index (χ2n) is 6.39. The molecule has 1 nitrogen and oxygen atoms in total. The molecule has 1 heteroatoms. The van der Waals surface area contributed by atoms with Crippen molar-refractivity contribution in [3.8, 4) is 0 Å². The first-order valence-electron chi connectivity index (χ1n) is 6.49. The van der Waals surface area contributed by atoms with Gasteiger partial charge in [0, 0.05) is 5.71 Å².